The monoisotopic (exact) mass is 491 g/mol. The van der Waals surface area contributed by atoms with E-state index in [4.69, 9.17) is 9.47 Å². The minimum absolute atomic E-state index is 0.0375. The lowest BCUT2D eigenvalue weighted by atomic mass is 9.98. The summed E-state index contributed by atoms with van der Waals surface area (Å²) in [7, 11) is 0. The highest BCUT2D eigenvalue weighted by molar-refractivity contribution is 7.10. The van der Waals surface area contributed by atoms with E-state index in [1.54, 1.807) is 18.2 Å². The Morgan fingerprint density at radius 2 is 1.74 bits per heavy atom. The van der Waals surface area contributed by atoms with Crippen molar-refractivity contribution in [3.63, 3.8) is 0 Å². The van der Waals surface area contributed by atoms with E-state index in [1.165, 1.54) is 16.2 Å². The standard InChI is InChI=1S/C28H29NO5S/c1-5-33-20-13-14-21(22(16-20)34-6-2)26(30)24-25(23-8-7-15-35-23)29(28(32)27(24)31)19-11-9-18(10-12-19)17(3)4/h7-17,25,30H,5-6H2,1-4H3/b26-24-. The molecule has 3 aromatic rings. The topological polar surface area (TPSA) is 76.1 Å². The molecule has 1 atom stereocenters. The van der Waals surface area contributed by atoms with Gasteiger partial charge in [0.05, 0.1) is 24.4 Å². The number of hydrogen-bond acceptors (Lipinski definition) is 6. The highest BCUT2D eigenvalue weighted by Gasteiger charge is 2.47. The Morgan fingerprint density at radius 3 is 2.34 bits per heavy atom. The summed E-state index contributed by atoms with van der Waals surface area (Å²) in [4.78, 5) is 28.9. The summed E-state index contributed by atoms with van der Waals surface area (Å²) in [5.41, 5.74) is 2.11. The van der Waals surface area contributed by atoms with Crippen LogP contribution in [0.1, 0.15) is 55.7 Å². The third-order valence-electron chi connectivity index (χ3n) is 5.91. The van der Waals surface area contributed by atoms with Crippen LogP contribution in [0.25, 0.3) is 5.76 Å². The maximum Gasteiger partial charge on any atom is 0.300 e. The fraction of sp³-hybridized carbons (Fsp3) is 0.286. The van der Waals surface area contributed by atoms with E-state index >= 15 is 0 Å². The van der Waals surface area contributed by atoms with Gasteiger partial charge in [-0.05, 0) is 61.0 Å². The number of nitrogens with zero attached hydrogens (tertiary/aromatic N) is 1. The third-order valence-corrected chi connectivity index (χ3v) is 6.84. The molecule has 1 saturated heterocycles. The molecule has 0 radical (unpaired) electrons. The SMILES string of the molecule is CCOc1ccc(/C(O)=C2/C(=O)C(=O)N(c3ccc(C(C)C)cc3)C2c2cccs2)c(OCC)c1. The quantitative estimate of drug-likeness (QED) is 0.227. The van der Waals surface area contributed by atoms with E-state index in [9.17, 15) is 14.7 Å². The molecule has 1 N–H and O–H groups in total. The Morgan fingerprint density at radius 1 is 1.03 bits per heavy atom. The number of carbonyl (C=O) groups is 2. The Labute approximate surface area is 209 Å². The largest absolute Gasteiger partial charge is 0.507 e. The number of benzene rings is 2. The zero-order valence-corrected chi connectivity index (χ0v) is 21.1. The predicted octanol–water partition coefficient (Wildman–Crippen LogP) is 6.30. The summed E-state index contributed by atoms with van der Waals surface area (Å²) in [5.74, 6) is -0.364. The number of hydrogen-bond donors (Lipinski definition) is 1. The number of ether oxygens (including phenoxy) is 2. The molecule has 182 valence electrons. The lowest BCUT2D eigenvalue weighted by molar-refractivity contribution is -0.132. The average Bonchev–Trinajstić information content (AvgIpc) is 3.46. The molecule has 4 rings (SSSR count). The molecule has 35 heavy (non-hydrogen) atoms. The molecular formula is C28H29NO5S. The summed E-state index contributed by atoms with van der Waals surface area (Å²) in [5, 5.41) is 13.3. The van der Waals surface area contributed by atoms with Crippen molar-refractivity contribution >= 4 is 34.5 Å². The van der Waals surface area contributed by atoms with Gasteiger partial charge in [0.15, 0.2) is 0 Å². The molecule has 1 unspecified atom stereocenters. The molecule has 1 aromatic heterocycles. The van der Waals surface area contributed by atoms with Crippen molar-refractivity contribution in [3.8, 4) is 11.5 Å². The normalized spacial score (nSPS) is 17.3. The van der Waals surface area contributed by atoms with Gasteiger partial charge < -0.3 is 14.6 Å². The first-order chi connectivity index (χ1) is 16.9. The highest BCUT2D eigenvalue weighted by Crippen LogP contribution is 2.45. The lowest BCUT2D eigenvalue weighted by Gasteiger charge is -2.24. The molecular weight excluding hydrogens is 462 g/mol. The summed E-state index contributed by atoms with van der Waals surface area (Å²) in [6.45, 7) is 8.75. The van der Waals surface area contributed by atoms with Crippen LogP contribution in [0, 0.1) is 0 Å². The van der Waals surface area contributed by atoms with E-state index in [-0.39, 0.29) is 11.3 Å². The Kier molecular flexibility index (Phi) is 7.26. The third kappa shape index (κ3) is 4.68. The first-order valence-electron chi connectivity index (χ1n) is 11.7. The minimum Gasteiger partial charge on any atom is -0.507 e. The van der Waals surface area contributed by atoms with Crippen molar-refractivity contribution < 1.29 is 24.2 Å². The fourth-order valence-corrected chi connectivity index (χ4v) is 5.03. The number of thiophene rings is 1. The maximum absolute atomic E-state index is 13.4. The summed E-state index contributed by atoms with van der Waals surface area (Å²) in [6, 6.07) is 15.7. The molecule has 1 fully saturated rings. The molecule has 1 aliphatic heterocycles. The zero-order valence-electron chi connectivity index (χ0n) is 20.3. The van der Waals surface area contributed by atoms with Crippen LogP contribution >= 0.6 is 11.3 Å². The van der Waals surface area contributed by atoms with Gasteiger partial charge in [-0.1, -0.05) is 32.0 Å². The second-order valence-electron chi connectivity index (χ2n) is 8.45. The minimum atomic E-state index is -0.749. The van der Waals surface area contributed by atoms with Crippen LogP contribution < -0.4 is 14.4 Å². The second kappa shape index (κ2) is 10.4. The van der Waals surface area contributed by atoms with Crippen LogP contribution in [0.2, 0.25) is 0 Å². The Bertz CT molecular complexity index is 1240. The van der Waals surface area contributed by atoms with E-state index in [1.807, 2.05) is 55.6 Å². The molecule has 6 nitrogen and oxygen atoms in total. The molecule has 0 saturated carbocycles. The highest BCUT2D eigenvalue weighted by atomic mass is 32.1. The Hall–Kier alpha value is -3.58. The van der Waals surface area contributed by atoms with Gasteiger partial charge in [0.1, 0.15) is 23.3 Å². The van der Waals surface area contributed by atoms with Crippen molar-refractivity contribution in [1.29, 1.82) is 0 Å². The summed E-state index contributed by atoms with van der Waals surface area (Å²) >= 11 is 1.43. The number of ketones is 1. The zero-order chi connectivity index (χ0) is 25.1. The van der Waals surface area contributed by atoms with Gasteiger partial charge in [0, 0.05) is 16.6 Å². The maximum atomic E-state index is 13.4. The molecule has 2 aromatic carbocycles. The number of aliphatic hydroxyl groups excluding tert-OH is 1. The van der Waals surface area contributed by atoms with Crippen molar-refractivity contribution in [1.82, 2.24) is 0 Å². The van der Waals surface area contributed by atoms with Crippen LogP contribution in [0.4, 0.5) is 5.69 Å². The Balaban J connectivity index is 1.87. The number of carbonyl (C=O) groups excluding carboxylic acids is 2. The van der Waals surface area contributed by atoms with Gasteiger partial charge in [-0.2, -0.15) is 0 Å². The predicted molar refractivity (Wildman–Crippen MR) is 138 cm³/mol. The molecule has 0 bridgehead atoms. The number of Topliss-reactive ketones (excluding diaryl/α,β-unsaturated/α-hetero) is 1. The molecule has 0 spiro atoms. The number of rotatable bonds is 8. The van der Waals surface area contributed by atoms with Crippen molar-refractivity contribution in [2.45, 2.75) is 39.7 Å². The van der Waals surface area contributed by atoms with Gasteiger partial charge in [0.2, 0.25) is 0 Å². The van der Waals surface area contributed by atoms with Crippen molar-refractivity contribution in [2.24, 2.45) is 0 Å². The van der Waals surface area contributed by atoms with Crippen LogP contribution in [-0.2, 0) is 9.59 Å². The van der Waals surface area contributed by atoms with Crippen molar-refractivity contribution in [2.75, 3.05) is 18.1 Å². The van der Waals surface area contributed by atoms with Crippen LogP contribution in [0.5, 0.6) is 11.5 Å². The second-order valence-corrected chi connectivity index (χ2v) is 9.43. The van der Waals surface area contributed by atoms with E-state index in [0.717, 1.165) is 10.4 Å². The molecule has 1 aliphatic rings. The number of aliphatic hydroxyl groups is 1. The van der Waals surface area contributed by atoms with E-state index in [2.05, 4.69) is 13.8 Å². The van der Waals surface area contributed by atoms with Gasteiger partial charge in [-0.15, -0.1) is 11.3 Å². The van der Waals surface area contributed by atoms with Gasteiger partial charge >= 0.3 is 0 Å². The van der Waals surface area contributed by atoms with Crippen LogP contribution in [-0.4, -0.2) is 30.0 Å². The average molecular weight is 492 g/mol. The molecule has 0 aliphatic carbocycles. The van der Waals surface area contributed by atoms with Gasteiger partial charge in [0.25, 0.3) is 11.7 Å². The number of amides is 1. The van der Waals surface area contributed by atoms with E-state index < -0.39 is 17.7 Å². The molecule has 1 amide bonds. The summed E-state index contributed by atoms with van der Waals surface area (Å²) < 4.78 is 11.3. The number of anilines is 1. The smallest absolute Gasteiger partial charge is 0.300 e. The molecule has 7 heteroatoms. The van der Waals surface area contributed by atoms with Crippen LogP contribution in [0.3, 0.4) is 0 Å². The summed E-state index contributed by atoms with van der Waals surface area (Å²) in [6.07, 6.45) is 0. The lowest BCUT2D eigenvalue weighted by Crippen LogP contribution is -2.29. The van der Waals surface area contributed by atoms with Crippen molar-refractivity contribution in [3.05, 3.63) is 81.6 Å². The molecule has 2 heterocycles. The first kappa shape index (κ1) is 24.5. The van der Waals surface area contributed by atoms with Crippen LogP contribution in [0.15, 0.2) is 65.6 Å². The van der Waals surface area contributed by atoms with Gasteiger partial charge in [-0.3, -0.25) is 14.5 Å². The first-order valence-corrected chi connectivity index (χ1v) is 12.6. The fourth-order valence-electron chi connectivity index (χ4n) is 4.21. The van der Waals surface area contributed by atoms with E-state index in [0.29, 0.717) is 41.9 Å². The van der Waals surface area contributed by atoms with Gasteiger partial charge in [-0.25, -0.2) is 0 Å².